The van der Waals surface area contributed by atoms with Gasteiger partial charge >= 0.3 is 6.09 Å². The monoisotopic (exact) mass is 414 g/mol. The highest BCUT2D eigenvalue weighted by molar-refractivity contribution is 6.30. The summed E-state index contributed by atoms with van der Waals surface area (Å²) in [5.74, 6) is 0. The maximum absolute atomic E-state index is 11.8. The summed E-state index contributed by atoms with van der Waals surface area (Å²) >= 11 is 6.23. The van der Waals surface area contributed by atoms with Gasteiger partial charge in [-0.25, -0.2) is 4.79 Å². The molecule has 0 saturated carbocycles. The highest BCUT2D eigenvalue weighted by Crippen LogP contribution is 2.36. The molecule has 5 heteroatoms. The van der Waals surface area contributed by atoms with Crippen molar-refractivity contribution >= 4 is 23.4 Å². The second kappa shape index (κ2) is 8.66. The van der Waals surface area contributed by atoms with Gasteiger partial charge in [-0.05, 0) is 60.6 Å². The fourth-order valence-corrected chi connectivity index (χ4v) is 4.56. The minimum absolute atomic E-state index is 0.0228. The van der Waals surface area contributed by atoms with Gasteiger partial charge in [0.25, 0.3) is 0 Å². The van der Waals surface area contributed by atoms with E-state index in [9.17, 15) is 9.90 Å². The zero-order valence-electron chi connectivity index (χ0n) is 17.7. The minimum atomic E-state index is -0.819. The van der Waals surface area contributed by atoms with E-state index in [1.807, 2.05) is 18.2 Å². The topological polar surface area (TPSA) is 43.8 Å². The Morgan fingerprint density at radius 1 is 1.21 bits per heavy atom. The number of piperidine rings is 1. The van der Waals surface area contributed by atoms with Gasteiger partial charge in [0.2, 0.25) is 0 Å². The van der Waals surface area contributed by atoms with Crippen molar-refractivity contribution in [3.8, 4) is 0 Å². The van der Waals surface area contributed by atoms with Crippen LogP contribution in [0.3, 0.4) is 0 Å². The van der Waals surface area contributed by atoms with Gasteiger partial charge < -0.3 is 14.9 Å². The molecule has 0 radical (unpaired) electrons. The SMILES string of the molecule is Cc1cccc(N(Cc2cccc(Cl)c2)C2CCN(C(=O)O)C(C(C)(C)C)C2)c1. The molecular formula is C24H31ClN2O2. The van der Waals surface area contributed by atoms with Crippen LogP contribution in [0.4, 0.5) is 10.5 Å². The summed E-state index contributed by atoms with van der Waals surface area (Å²) in [6.07, 6.45) is 0.804. The van der Waals surface area contributed by atoms with E-state index in [0.29, 0.717) is 6.54 Å². The standard InChI is InChI=1S/C24H31ClN2O2/c1-17-7-5-10-20(13-17)27(16-18-8-6-9-19(25)14-18)21-11-12-26(23(28)29)22(15-21)24(2,3)4/h5-10,13-14,21-22H,11-12,15-16H2,1-4H3,(H,28,29). The molecule has 2 aromatic rings. The number of anilines is 1. The van der Waals surface area contributed by atoms with Crippen LogP contribution in [0.1, 0.15) is 44.7 Å². The van der Waals surface area contributed by atoms with Gasteiger partial charge in [-0.15, -0.1) is 0 Å². The molecule has 156 valence electrons. The quantitative estimate of drug-likeness (QED) is 0.646. The second-order valence-corrected chi connectivity index (χ2v) is 9.57. The lowest BCUT2D eigenvalue weighted by atomic mass is 9.78. The van der Waals surface area contributed by atoms with Crippen LogP contribution in [0.5, 0.6) is 0 Å². The third kappa shape index (κ3) is 5.24. The number of rotatable bonds is 4. The first kappa shape index (κ1) is 21.5. The fraction of sp³-hybridized carbons (Fsp3) is 0.458. The van der Waals surface area contributed by atoms with Crippen molar-refractivity contribution in [3.63, 3.8) is 0 Å². The van der Waals surface area contributed by atoms with Gasteiger partial charge in [-0.3, -0.25) is 0 Å². The van der Waals surface area contributed by atoms with Gasteiger partial charge in [0, 0.05) is 35.9 Å². The first-order valence-corrected chi connectivity index (χ1v) is 10.6. The molecule has 1 fully saturated rings. The molecule has 0 bridgehead atoms. The second-order valence-electron chi connectivity index (χ2n) is 9.13. The molecular weight excluding hydrogens is 384 g/mol. The summed E-state index contributed by atoms with van der Waals surface area (Å²) in [6.45, 7) is 9.79. The average molecular weight is 415 g/mol. The zero-order chi connectivity index (χ0) is 21.2. The van der Waals surface area contributed by atoms with E-state index in [-0.39, 0.29) is 17.5 Å². The van der Waals surface area contributed by atoms with Crippen molar-refractivity contribution in [2.45, 2.75) is 59.2 Å². The van der Waals surface area contributed by atoms with Crippen molar-refractivity contribution in [1.82, 2.24) is 4.90 Å². The summed E-state index contributed by atoms with van der Waals surface area (Å²) in [4.78, 5) is 15.9. The number of halogens is 1. The Labute approximate surface area is 179 Å². The first-order valence-electron chi connectivity index (χ1n) is 10.2. The van der Waals surface area contributed by atoms with E-state index in [2.05, 4.69) is 62.9 Å². The van der Waals surface area contributed by atoms with Crippen LogP contribution in [0.2, 0.25) is 5.02 Å². The number of nitrogens with zero attached hydrogens (tertiary/aromatic N) is 2. The summed E-state index contributed by atoms with van der Waals surface area (Å²) in [5, 5.41) is 10.4. The van der Waals surface area contributed by atoms with Crippen molar-refractivity contribution in [3.05, 3.63) is 64.7 Å². The van der Waals surface area contributed by atoms with E-state index in [1.165, 1.54) is 11.3 Å². The molecule has 0 aromatic heterocycles. The molecule has 2 unspecified atom stereocenters. The van der Waals surface area contributed by atoms with Crippen LogP contribution in [0.25, 0.3) is 0 Å². The number of hydrogen-bond acceptors (Lipinski definition) is 2. The van der Waals surface area contributed by atoms with Crippen molar-refractivity contribution in [2.75, 3.05) is 11.4 Å². The number of benzene rings is 2. The molecule has 1 amide bonds. The number of likely N-dealkylation sites (tertiary alicyclic amines) is 1. The van der Waals surface area contributed by atoms with Gasteiger partial charge in [0.15, 0.2) is 0 Å². The van der Waals surface area contributed by atoms with Crippen LogP contribution in [0.15, 0.2) is 48.5 Å². The Hall–Kier alpha value is -2.20. The largest absolute Gasteiger partial charge is 0.465 e. The Balaban J connectivity index is 1.94. The Morgan fingerprint density at radius 3 is 2.55 bits per heavy atom. The highest BCUT2D eigenvalue weighted by Gasteiger charge is 2.40. The zero-order valence-corrected chi connectivity index (χ0v) is 18.5. The van der Waals surface area contributed by atoms with E-state index in [0.717, 1.165) is 30.0 Å². The number of carbonyl (C=O) groups is 1. The summed E-state index contributed by atoms with van der Waals surface area (Å²) < 4.78 is 0. The number of hydrogen-bond donors (Lipinski definition) is 1. The Kier molecular flexibility index (Phi) is 6.42. The predicted molar refractivity (Wildman–Crippen MR) is 120 cm³/mol. The van der Waals surface area contributed by atoms with E-state index in [4.69, 9.17) is 11.6 Å². The lowest BCUT2D eigenvalue weighted by Gasteiger charge is -2.48. The van der Waals surface area contributed by atoms with Crippen LogP contribution < -0.4 is 4.90 Å². The van der Waals surface area contributed by atoms with Gasteiger partial charge in [-0.1, -0.05) is 56.6 Å². The molecule has 1 N–H and O–H groups in total. The predicted octanol–water partition coefficient (Wildman–Crippen LogP) is 6.21. The van der Waals surface area contributed by atoms with Crippen LogP contribution in [-0.2, 0) is 6.54 Å². The number of aryl methyl sites for hydroxylation is 1. The van der Waals surface area contributed by atoms with Crippen LogP contribution in [-0.4, -0.2) is 34.7 Å². The first-order chi connectivity index (χ1) is 13.6. The van der Waals surface area contributed by atoms with Gasteiger partial charge in [0.05, 0.1) is 0 Å². The molecule has 1 saturated heterocycles. The Bertz CT molecular complexity index is 862. The molecule has 2 atom stereocenters. The van der Waals surface area contributed by atoms with Crippen molar-refractivity contribution < 1.29 is 9.90 Å². The third-order valence-electron chi connectivity index (χ3n) is 5.84. The highest BCUT2D eigenvalue weighted by atomic mass is 35.5. The minimum Gasteiger partial charge on any atom is -0.465 e. The molecule has 0 aliphatic carbocycles. The third-order valence-corrected chi connectivity index (χ3v) is 6.07. The average Bonchev–Trinajstić information content (AvgIpc) is 2.65. The Morgan fingerprint density at radius 2 is 1.93 bits per heavy atom. The molecule has 2 aromatic carbocycles. The van der Waals surface area contributed by atoms with Gasteiger partial charge in [-0.2, -0.15) is 0 Å². The fourth-order valence-electron chi connectivity index (χ4n) is 4.35. The lowest BCUT2D eigenvalue weighted by Crippen LogP contribution is -2.56. The molecule has 1 heterocycles. The van der Waals surface area contributed by atoms with Crippen LogP contribution in [0, 0.1) is 12.3 Å². The van der Waals surface area contributed by atoms with Gasteiger partial charge in [0.1, 0.15) is 0 Å². The van der Waals surface area contributed by atoms with E-state index in [1.54, 1.807) is 4.90 Å². The van der Waals surface area contributed by atoms with E-state index < -0.39 is 6.09 Å². The van der Waals surface area contributed by atoms with E-state index >= 15 is 0 Å². The molecule has 29 heavy (non-hydrogen) atoms. The summed E-state index contributed by atoms with van der Waals surface area (Å²) in [7, 11) is 0. The molecule has 1 aliphatic heterocycles. The van der Waals surface area contributed by atoms with Crippen LogP contribution >= 0.6 is 11.6 Å². The van der Waals surface area contributed by atoms with Crippen molar-refractivity contribution in [2.24, 2.45) is 5.41 Å². The lowest BCUT2D eigenvalue weighted by molar-refractivity contribution is 0.0520. The maximum atomic E-state index is 11.8. The van der Waals surface area contributed by atoms with Crippen molar-refractivity contribution in [1.29, 1.82) is 0 Å². The summed E-state index contributed by atoms with van der Waals surface area (Å²) in [6, 6.07) is 16.8. The molecule has 0 spiro atoms. The molecule has 4 nitrogen and oxygen atoms in total. The normalized spacial score (nSPS) is 19.8. The number of carboxylic acid groups (broad SMARTS) is 1. The molecule has 1 aliphatic rings. The smallest absolute Gasteiger partial charge is 0.407 e. The molecule has 3 rings (SSSR count). The summed E-state index contributed by atoms with van der Waals surface area (Å²) in [5.41, 5.74) is 3.43. The number of amides is 1. The maximum Gasteiger partial charge on any atom is 0.407 e.